The number of halogens is 5. The minimum absolute atomic E-state index is 0.175. The fourth-order valence-electron chi connectivity index (χ4n) is 3.60. The number of carbonyl (C=O) groups is 2. The van der Waals surface area contributed by atoms with Crippen LogP contribution in [0.1, 0.15) is 75.6 Å². The van der Waals surface area contributed by atoms with Crippen LogP contribution in [0.4, 0.5) is 27.8 Å². The first-order valence-electron chi connectivity index (χ1n) is 12.3. The van der Waals surface area contributed by atoms with Gasteiger partial charge in [-0.05, 0) is 46.6 Å². The first-order valence-corrected chi connectivity index (χ1v) is 12.1. The molecule has 1 saturated heterocycles. The lowest BCUT2D eigenvalue weighted by molar-refractivity contribution is -0.138. The fraction of sp³-hybridized carbons (Fsp3) is 0.565. The standard InChI is InChI=1S/C23H28F5N5O3S/c1-11-6-5-7-33(11)21(35)16-17(37-20(32-16)19(34)30-10-22(3,4)36)14-9-29-15(8-13(14)18(24)25)31-12(2)23(26,27)28/h8-9,11-12,18,36H,5-7,10H2,1-4H3,(H,29,31)(H,30,34)/t11-,12?/m0/s1/i10D2. The number of nitrogens with zero attached hydrogens (tertiary/aromatic N) is 3. The zero-order valence-corrected chi connectivity index (χ0v) is 21.2. The number of likely N-dealkylation sites (tertiary alicyclic amines) is 1. The lowest BCUT2D eigenvalue weighted by Gasteiger charge is -2.21. The zero-order chi connectivity index (χ0) is 29.5. The Balaban J connectivity index is 2.11. The molecule has 0 aromatic carbocycles. The largest absolute Gasteiger partial charge is 0.408 e. The Labute approximate surface area is 217 Å². The van der Waals surface area contributed by atoms with E-state index in [2.05, 4.69) is 9.97 Å². The molecule has 1 aliphatic rings. The number of aromatic nitrogens is 2. The van der Waals surface area contributed by atoms with Crippen molar-refractivity contribution in [3.05, 3.63) is 28.5 Å². The Morgan fingerprint density at radius 3 is 2.57 bits per heavy atom. The number of anilines is 1. The van der Waals surface area contributed by atoms with Crippen LogP contribution in [-0.4, -0.2) is 68.7 Å². The summed E-state index contributed by atoms with van der Waals surface area (Å²) in [6, 6.07) is -1.54. The van der Waals surface area contributed by atoms with Crippen LogP contribution in [0.5, 0.6) is 0 Å². The van der Waals surface area contributed by atoms with Crippen molar-refractivity contribution in [2.24, 2.45) is 0 Å². The van der Waals surface area contributed by atoms with Gasteiger partial charge in [-0.15, -0.1) is 11.3 Å². The predicted molar refractivity (Wildman–Crippen MR) is 128 cm³/mol. The van der Waals surface area contributed by atoms with E-state index in [0.29, 0.717) is 30.7 Å². The number of nitrogens with one attached hydrogen (secondary N) is 2. The molecule has 2 aromatic heterocycles. The SMILES string of the molecule is [2H]C([2H])(NC(=O)c1nc(C(=O)N2CCC[C@@H]2C)c(-c2cnc(NC(C)C(F)(F)F)cc2C(F)F)s1)C(C)(C)O. The average Bonchev–Trinajstić information content (AvgIpc) is 3.43. The van der Waals surface area contributed by atoms with Crippen LogP contribution in [0.3, 0.4) is 0 Å². The number of alkyl halides is 5. The molecule has 1 fully saturated rings. The highest BCUT2D eigenvalue weighted by atomic mass is 32.1. The van der Waals surface area contributed by atoms with Crippen molar-refractivity contribution in [3.63, 3.8) is 0 Å². The van der Waals surface area contributed by atoms with Crippen LogP contribution in [0.15, 0.2) is 12.3 Å². The quantitative estimate of drug-likeness (QED) is 0.413. The van der Waals surface area contributed by atoms with Crippen molar-refractivity contribution in [2.45, 2.75) is 70.8 Å². The van der Waals surface area contributed by atoms with Gasteiger partial charge in [0.2, 0.25) is 0 Å². The molecule has 0 aliphatic carbocycles. The van der Waals surface area contributed by atoms with Gasteiger partial charge in [0.05, 0.1) is 13.2 Å². The normalized spacial score (nSPS) is 18.5. The third kappa shape index (κ3) is 6.92. The minimum atomic E-state index is -4.66. The smallest absolute Gasteiger partial charge is 0.389 e. The maximum Gasteiger partial charge on any atom is 0.408 e. The van der Waals surface area contributed by atoms with E-state index >= 15 is 0 Å². The molecular formula is C23H28F5N5O3S. The second-order valence-corrected chi connectivity index (χ2v) is 10.2. The molecule has 1 aliphatic heterocycles. The molecule has 2 aromatic rings. The number of rotatable bonds is 8. The summed E-state index contributed by atoms with van der Waals surface area (Å²) < 4.78 is 83.0. The summed E-state index contributed by atoms with van der Waals surface area (Å²) >= 11 is 0.523. The molecule has 204 valence electrons. The van der Waals surface area contributed by atoms with Gasteiger partial charge in [0.25, 0.3) is 18.2 Å². The molecule has 2 amide bonds. The van der Waals surface area contributed by atoms with Crippen LogP contribution in [0.2, 0.25) is 0 Å². The van der Waals surface area contributed by atoms with Crippen molar-refractivity contribution in [3.8, 4) is 10.4 Å². The average molecular weight is 552 g/mol. The van der Waals surface area contributed by atoms with E-state index in [-0.39, 0.29) is 22.2 Å². The highest BCUT2D eigenvalue weighted by molar-refractivity contribution is 7.17. The maximum absolute atomic E-state index is 14.1. The van der Waals surface area contributed by atoms with Gasteiger partial charge < -0.3 is 20.6 Å². The van der Waals surface area contributed by atoms with E-state index in [4.69, 9.17) is 2.74 Å². The number of aliphatic hydroxyl groups is 1. The van der Waals surface area contributed by atoms with Crippen LogP contribution in [0.25, 0.3) is 10.4 Å². The van der Waals surface area contributed by atoms with E-state index in [9.17, 15) is 36.6 Å². The zero-order valence-electron chi connectivity index (χ0n) is 22.4. The molecule has 3 N–H and O–H groups in total. The first kappa shape index (κ1) is 25.8. The van der Waals surface area contributed by atoms with Crippen LogP contribution >= 0.6 is 11.3 Å². The molecule has 0 radical (unpaired) electrons. The van der Waals surface area contributed by atoms with Gasteiger partial charge in [-0.25, -0.2) is 18.7 Å². The van der Waals surface area contributed by atoms with Crippen molar-refractivity contribution in [1.82, 2.24) is 20.2 Å². The summed E-state index contributed by atoms with van der Waals surface area (Å²) in [7, 11) is 0. The topological polar surface area (TPSA) is 107 Å². The van der Waals surface area contributed by atoms with Gasteiger partial charge in [0.1, 0.15) is 17.6 Å². The summed E-state index contributed by atoms with van der Waals surface area (Å²) in [5.41, 5.74) is -3.41. The maximum atomic E-state index is 14.1. The van der Waals surface area contributed by atoms with E-state index in [1.165, 1.54) is 4.90 Å². The van der Waals surface area contributed by atoms with Gasteiger partial charge in [-0.3, -0.25) is 9.59 Å². The third-order valence-electron chi connectivity index (χ3n) is 5.59. The van der Waals surface area contributed by atoms with Crippen molar-refractivity contribution in [2.75, 3.05) is 18.4 Å². The number of hydrogen-bond donors (Lipinski definition) is 3. The summed E-state index contributed by atoms with van der Waals surface area (Å²) in [6.45, 7) is 2.57. The first-order chi connectivity index (χ1) is 17.8. The molecule has 3 heterocycles. The van der Waals surface area contributed by atoms with Gasteiger partial charge in [-0.1, -0.05) is 0 Å². The summed E-state index contributed by atoms with van der Waals surface area (Å²) in [4.78, 5) is 35.5. The highest BCUT2D eigenvalue weighted by Crippen LogP contribution is 2.39. The summed E-state index contributed by atoms with van der Waals surface area (Å²) in [5.74, 6) is -2.23. The number of pyridine rings is 1. The molecular weight excluding hydrogens is 521 g/mol. The van der Waals surface area contributed by atoms with Crippen LogP contribution in [0, 0.1) is 0 Å². The lowest BCUT2D eigenvalue weighted by Crippen LogP contribution is -2.38. The molecule has 14 heteroatoms. The van der Waals surface area contributed by atoms with Gasteiger partial charge in [0.15, 0.2) is 5.01 Å². The second-order valence-electron chi connectivity index (χ2n) is 9.19. The van der Waals surface area contributed by atoms with Crippen molar-refractivity contribution < 1.29 is 39.4 Å². The van der Waals surface area contributed by atoms with E-state index in [0.717, 1.165) is 33.0 Å². The van der Waals surface area contributed by atoms with Crippen LogP contribution < -0.4 is 10.6 Å². The number of hydrogen-bond acceptors (Lipinski definition) is 7. The molecule has 0 spiro atoms. The Bertz CT molecular complexity index is 1240. The Kier molecular flexibility index (Phi) is 7.56. The molecule has 3 rings (SSSR count). The molecule has 2 atom stereocenters. The van der Waals surface area contributed by atoms with Crippen LogP contribution in [-0.2, 0) is 0 Å². The van der Waals surface area contributed by atoms with Gasteiger partial charge in [-0.2, -0.15) is 13.2 Å². The van der Waals surface area contributed by atoms with Crippen molar-refractivity contribution in [1.29, 1.82) is 0 Å². The summed E-state index contributed by atoms with van der Waals surface area (Å²) in [6.07, 6.45) is -5.60. The lowest BCUT2D eigenvalue weighted by atomic mass is 10.1. The van der Waals surface area contributed by atoms with E-state index < -0.39 is 58.9 Å². The molecule has 0 bridgehead atoms. The number of thiazole rings is 1. The Morgan fingerprint density at radius 2 is 2.03 bits per heavy atom. The molecule has 37 heavy (non-hydrogen) atoms. The van der Waals surface area contributed by atoms with Crippen molar-refractivity contribution >= 4 is 29.0 Å². The third-order valence-corrected chi connectivity index (χ3v) is 6.68. The van der Waals surface area contributed by atoms with Gasteiger partial charge >= 0.3 is 6.18 Å². The van der Waals surface area contributed by atoms with E-state index in [1.54, 1.807) is 6.92 Å². The Hall–Kier alpha value is -2.87. The second kappa shape index (κ2) is 10.9. The monoisotopic (exact) mass is 551 g/mol. The number of carbonyl (C=O) groups excluding carboxylic acids is 2. The molecule has 0 saturated carbocycles. The number of amides is 2. The van der Waals surface area contributed by atoms with E-state index in [1.807, 2.05) is 10.6 Å². The molecule has 1 unspecified atom stereocenters. The predicted octanol–water partition coefficient (Wildman–Crippen LogP) is 4.63. The summed E-state index contributed by atoms with van der Waals surface area (Å²) in [5, 5.41) is 13.6. The highest BCUT2D eigenvalue weighted by Gasteiger charge is 2.37. The Morgan fingerprint density at radius 1 is 1.35 bits per heavy atom. The fourth-order valence-corrected chi connectivity index (χ4v) is 4.59. The van der Waals surface area contributed by atoms with Gasteiger partial charge in [0, 0.05) is 36.4 Å². The molecule has 8 nitrogen and oxygen atoms in total. The minimum Gasteiger partial charge on any atom is -0.389 e.